The van der Waals surface area contributed by atoms with Crippen LogP contribution < -0.4 is 10.6 Å². The zero-order chi connectivity index (χ0) is 13.2. The number of nitrogens with zero attached hydrogens (tertiary/aromatic N) is 1. The average Bonchev–Trinajstić information content (AvgIpc) is 2.36. The normalized spacial score (nSPS) is 19.8. The Morgan fingerprint density at radius 2 is 2.06 bits per heavy atom. The average molecular weight is 246 g/mol. The smallest absolute Gasteiger partial charge is 0.0398 e. The lowest BCUT2D eigenvalue weighted by molar-refractivity contribution is 0.344. The molecule has 0 radical (unpaired) electrons. The zero-order valence-corrected chi connectivity index (χ0v) is 11.9. The number of anilines is 1. The van der Waals surface area contributed by atoms with Crippen molar-refractivity contribution in [1.82, 2.24) is 0 Å². The first-order chi connectivity index (χ1) is 8.52. The van der Waals surface area contributed by atoms with Gasteiger partial charge < -0.3 is 10.6 Å². The lowest BCUT2D eigenvalue weighted by Crippen LogP contribution is -2.37. The molecule has 2 nitrogen and oxygen atoms in total. The second-order valence-corrected chi connectivity index (χ2v) is 6.50. The molecule has 1 aromatic rings. The van der Waals surface area contributed by atoms with Crippen LogP contribution >= 0.6 is 0 Å². The van der Waals surface area contributed by atoms with Crippen molar-refractivity contribution in [1.29, 1.82) is 0 Å². The third-order valence-corrected chi connectivity index (χ3v) is 4.04. The Labute approximate surface area is 111 Å². The molecule has 1 aromatic carbocycles. The summed E-state index contributed by atoms with van der Waals surface area (Å²) in [6.45, 7) is 9.91. The Morgan fingerprint density at radius 1 is 1.33 bits per heavy atom. The largest absolute Gasteiger partial charge is 0.371 e. The van der Waals surface area contributed by atoms with E-state index in [9.17, 15) is 0 Å². The summed E-state index contributed by atoms with van der Waals surface area (Å²) in [7, 11) is 0. The van der Waals surface area contributed by atoms with E-state index >= 15 is 0 Å². The first kappa shape index (κ1) is 13.4. The van der Waals surface area contributed by atoms with Gasteiger partial charge in [0.25, 0.3) is 0 Å². The highest BCUT2D eigenvalue weighted by atomic mass is 15.1. The van der Waals surface area contributed by atoms with E-state index in [1.165, 1.54) is 24.2 Å². The summed E-state index contributed by atoms with van der Waals surface area (Å²) >= 11 is 0. The van der Waals surface area contributed by atoms with Crippen LogP contribution in [-0.2, 0) is 6.42 Å². The molecule has 1 aliphatic rings. The van der Waals surface area contributed by atoms with Gasteiger partial charge >= 0.3 is 0 Å². The molecular weight excluding hydrogens is 220 g/mol. The van der Waals surface area contributed by atoms with Crippen LogP contribution in [0, 0.1) is 11.3 Å². The van der Waals surface area contributed by atoms with Gasteiger partial charge in [-0.15, -0.1) is 0 Å². The van der Waals surface area contributed by atoms with Crippen LogP contribution in [0.15, 0.2) is 24.3 Å². The Hall–Kier alpha value is -1.02. The summed E-state index contributed by atoms with van der Waals surface area (Å²) in [4.78, 5) is 2.54. The van der Waals surface area contributed by atoms with Crippen molar-refractivity contribution in [3.05, 3.63) is 29.8 Å². The van der Waals surface area contributed by atoms with E-state index in [0.717, 1.165) is 25.4 Å². The van der Waals surface area contributed by atoms with E-state index in [0.29, 0.717) is 0 Å². The molecule has 18 heavy (non-hydrogen) atoms. The summed E-state index contributed by atoms with van der Waals surface area (Å²) in [5.74, 6) is 0.751. The topological polar surface area (TPSA) is 29.3 Å². The Balaban J connectivity index is 2.09. The van der Waals surface area contributed by atoms with Crippen molar-refractivity contribution < 1.29 is 0 Å². The van der Waals surface area contributed by atoms with Gasteiger partial charge in [0.05, 0.1) is 0 Å². The molecule has 100 valence electrons. The van der Waals surface area contributed by atoms with Crippen LogP contribution in [0.1, 0.15) is 32.8 Å². The van der Waals surface area contributed by atoms with Gasteiger partial charge in [0.2, 0.25) is 0 Å². The molecule has 1 unspecified atom stereocenters. The lowest BCUT2D eigenvalue weighted by Gasteiger charge is -2.37. The van der Waals surface area contributed by atoms with Crippen molar-refractivity contribution in [3.8, 4) is 0 Å². The van der Waals surface area contributed by atoms with Crippen molar-refractivity contribution in [3.63, 3.8) is 0 Å². The van der Waals surface area contributed by atoms with Crippen LogP contribution in [0.3, 0.4) is 0 Å². The molecule has 0 bridgehead atoms. The first-order valence-corrected chi connectivity index (χ1v) is 7.05. The predicted octanol–water partition coefficient (Wildman–Crippen LogP) is 3.06. The van der Waals surface area contributed by atoms with Gasteiger partial charge in [0.15, 0.2) is 0 Å². The molecule has 2 N–H and O–H groups in total. The fraction of sp³-hybridized carbons (Fsp3) is 0.625. The van der Waals surface area contributed by atoms with Gasteiger partial charge in [-0.3, -0.25) is 0 Å². The number of benzene rings is 1. The zero-order valence-electron chi connectivity index (χ0n) is 11.9. The quantitative estimate of drug-likeness (QED) is 0.884. The highest BCUT2D eigenvalue weighted by Crippen LogP contribution is 2.30. The summed E-state index contributed by atoms with van der Waals surface area (Å²) in [6, 6.07) is 8.83. The van der Waals surface area contributed by atoms with Crippen LogP contribution in [0.4, 0.5) is 5.69 Å². The molecule has 1 atom stereocenters. The maximum Gasteiger partial charge on any atom is 0.0398 e. The summed E-state index contributed by atoms with van der Waals surface area (Å²) in [5.41, 5.74) is 9.01. The third kappa shape index (κ3) is 3.05. The number of fused-ring (bicyclic) bond motifs is 1. The van der Waals surface area contributed by atoms with Gasteiger partial charge in [-0.1, -0.05) is 39.0 Å². The fourth-order valence-corrected chi connectivity index (χ4v) is 2.66. The molecule has 0 aliphatic carbocycles. The molecule has 1 heterocycles. The Bertz CT molecular complexity index is 398. The Morgan fingerprint density at radius 3 is 2.78 bits per heavy atom. The highest BCUT2D eigenvalue weighted by molar-refractivity contribution is 5.55. The standard InChI is InChI=1S/C16H26N2/c1-13-10-14-6-4-5-7-15(14)18(11-13)9-8-16(2,3)12-17/h4-7,13H,8-12,17H2,1-3H3. The van der Waals surface area contributed by atoms with E-state index in [2.05, 4.69) is 49.9 Å². The van der Waals surface area contributed by atoms with Crippen LogP contribution in [0.25, 0.3) is 0 Å². The van der Waals surface area contributed by atoms with Crippen molar-refractivity contribution >= 4 is 5.69 Å². The Kier molecular flexibility index (Phi) is 3.96. The van der Waals surface area contributed by atoms with Crippen molar-refractivity contribution in [2.75, 3.05) is 24.5 Å². The van der Waals surface area contributed by atoms with E-state index in [4.69, 9.17) is 5.73 Å². The number of para-hydroxylation sites is 1. The minimum Gasteiger partial charge on any atom is -0.371 e. The monoisotopic (exact) mass is 246 g/mol. The van der Waals surface area contributed by atoms with Crippen molar-refractivity contribution in [2.45, 2.75) is 33.6 Å². The van der Waals surface area contributed by atoms with Gasteiger partial charge in [-0.2, -0.15) is 0 Å². The highest BCUT2D eigenvalue weighted by Gasteiger charge is 2.23. The second-order valence-electron chi connectivity index (χ2n) is 6.50. The van der Waals surface area contributed by atoms with E-state index < -0.39 is 0 Å². The molecule has 1 aliphatic heterocycles. The van der Waals surface area contributed by atoms with Crippen LogP contribution in [0.5, 0.6) is 0 Å². The number of hydrogen-bond donors (Lipinski definition) is 1. The first-order valence-electron chi connectivity index (χ1n) is 7.05. The second kappa shape index (κ2) is 5.31. The summed E-state index contributed by atoms with van der Waals surface area (Å²) < 4.78 is 0. The molecule has 2 rings (SSSR count). The minimum absolute atomic E-state index is 0.246. The molecule has 0 saturated heterocycles. The van der Waals surface area contributed by atoms with Gasteiger partial charge in [0.1, 0.15) is 0 Å². The lowest BCUT2D eigenvalue weighted by atomic mass is 9.88. The fourth-order valence-electron chi connectivity index (χ4n) is 2.66. The number of rotatable bonds is 4. The molecule has 0 saturated carbocycles. The number of nitrogens with two attached hydrogens (primary N) is 1. The van der Waals surface area contributed by atoms with Crippen LogP contribution in [-0.4, -0.2) is 19.6 Å². The van der Waals surface area contributed by atoms with E-state index in [1.54, 1.807) is 0 Å². The van der Waals surface area contributed by atoms with E-state index in [1.807, 2.05) is 0 Å². The number of hydrogen-bond acceptors (Lipinski definition) is 2. The minimum atomic E-state index is 0.246. The molecule has 0 fully saturated rings. The van der Waals surface area contributed by atoms with E-state index in [-0.39, 0.29) is 5.41 Å². The molecule has 0 aromatic heterocycles. The molecule has 2 heteroatoms. The molecule has 0 amide bonds. The maximum atomic E-state index is 5.83. The van der Waals surface area contributed by atoms with Crippen molar-refractivity contribution in [2.24, 2.45) is 17.1 Å². The molecular formula is C16H26N2. The van der Waals surface area contributed by atoms with Gasteiger partial charge in [0, 0.05) is 18.8 Å². The van der Waals surface area contributed by atoms with Gasteiger partial charge in [-0.25, -0.2) is 0 Å². The van der Waals surface area contributed by atoms with Crippen LogP contribution in [0.2, 0.25) is 0 Å². The summed E-state index contributed by atoms with van der Waals surface area (Å²) in [6.07, 6.45) is 2.37. The SMILES string of the molecule is CC1Cc2ccccc2N(CCC(C)(C)CN)C1. The van der Waals surface area contributed by atoms with Gasteiger partial charge in [-0.05, 0) is 42.3 Å². The predicted molar refractivity (Wildman–Crippen MR) is 79.0 cm³/mol. The third-order valence-electron chi connectivity index (χ3n) is 4.04. The molecule has 0 spiro atoms. The maximum absolute atomic E-state index is 5.83. The summed E-state index contributed by atoms with van der Waals surface area (Å²) in [5, 5.41) is 0.